The highest BCUT2D eigenvalue weighted by molar-refractivity contribution is 6.29. The van der Waals surface area contributed by atoms with E-state index in [4.69, 9.17) is 4.74 Å². The lowest BCUT2D eigenvalue weighted by molar-refractivity contribution is 0.0976. The highest BCUT2D eigenvalue weighted by Gasteiger charge is 2.31. The lowest BCUT2D eigenvalue weighted by Gasteiger charge is -2.18. The molecule has 0 unspecified atom stereocenters. The quantitative estimate of drug-likeness (QED) is 0.723. The topological polar surface area (TPSA) is 63.6 Å². The van der Waals surface area contributed by atoms with Crippen molar-refractivity contribution < 1.29 is 19.4 Å². The van der Waals surface area contributed by atoms with E-state index in [0.29, 0.717) is 16.9 Å². The van der Waals surface area contributed by atoms with Gasteiger partial charge in [0.1, 0.15) is 11.5 Å². The first kappa shape index (κ1) is 11.5. The Balaban J connectivity index is 2.29. The van der Waals surface area contributed by atoms with Gasteiger partial charge in [-0.1, -0.05) is 12.1 Å². The van der Waals surface area contributed by atoms with Crippen LogP contribution in [0, 0.1) is 0 Å². The zero-order valence-electron chi connectivity index (χ0n) is 10.1. The Labute approximate surface area is 109 Å². The Morgan fingerprint density at radius 2 is 1.74 bits per heavy atom. The number of carbonyl (C=O) groups is 2. The molecule has 1 N–H and O–H groups in total. The van der Waals surface area contributed by atoms with Crippen molar-refractivity contribution in [2.45, 2.75) is 0 Å². The van der Waals surface area contributed by atoms with Gasteiger partial charge < -0.3 is 9.84 Å². The molecular formula is C15H10O4. The van der Waals surface area contributed by atoms with Crippen LogP contribution in [0.5, 0.6) is 11.5 Å². The molecule has 0 aromatic heterocycles. The van der Waals surface area contributed by atoms with Crippen molar-refractivity contribution in [1.29, 1.82) is 0 Å². The molecule has 0 fully saturated rings. The van der Waals surface area contributed by atoms with E-state index in [1.54, 1.807) is 24.3 Å². The number of ketones is 2. The molecule has 1 aliphatic rings. The van der Waals surface area contributed by atoms with E-state index in [1.165, 1.54) is 19.2 Å². The maximum Gasteiger partial charge on any atom is 0.198 e. The maximum absolute atomic E-state index is 12.4. The molecule has 4 heteroatoms. The van der Waals surface area contributed by atoms with Crippen molar-refractivity contribution in [2.24, 2.45) is 0 Å². The Morgan fingerprint density at radius 3 is 2.47 bits per heavy atom. The molecule has 0 spiro atoms. The fraction of sp³-hybridized carbons (Fsp3) is 0.0667. The summed E-state index contributed by atoms with van der Waals surface area (Å²) < 4.78 is 5.06. The van der Waals surface area contributed by atoms with E-state index in [2.05, 4.69) is 0 Å². The molecule has 0 amide bonds. The molecule has 2 aromatic carbocycles. The summed E-state index contributed by atoms with van der Waals surface area (Å²) in [6, 6.07) is 9.20. The van der Waals surface area contributed by atoms with Gasteiger partial charge in [-0.15, -0.1) is 0 Å². The number of hydrogen-bond donors (Lipinski definition) is 1. The average molecular weight is 254 g/mol. The van der Waals surface area contributed by atoms with Gasteiger partial charge in [0.15, 0.2) is 11.6 Å². The number of benzene rings is 2. The van der Waals surface area contributed by atoms with Crippen LogP contribution in [0.3, 0.4) is 0 Å². The van der Waals surface area contributed by atoms with Gasteiger partial charge >= 0.3 is 0 Å². The second-order valence-electron chi connectivity index (χ2n) is 4.27. The minimum Gasteiger partial charge on any atom is -0.507 e. The largest absolute Gasteiger partial charge is 0.507 e. The highest BCUT2D eigenvalue weighted by Crippen LogP contribution is 2.33. The molecule has 19 heavy (non-hydrogen) atoms. The molecule has 0 radical (unpaired) electrons. The third-order valence-electron chi connectivity index (χ3n) is 3.23. The first-order valence-electron chi connectivity index (χ1n) is 5.73. The number of phenolic OH excluding ortho intramolecular Hbond substituents is 1. The number of ether oxygens (including phenoxy) is 1. The smallest absolute Gasteiger partial charge is 0.198 e. The van der Waals surface area contributed by atoms with Crippen LogP contribution in [0.25, 0.3) is 0 Å². The van der Waals surface area contributed by atoms with Crippen LogP contribution < -0.4 is 4.74 Å². The van der Waals surface area contributed by atoms with Crippen LogP contribution in [0.4, 0.5) is 0 Å². The number of phenols is 1. The number of methoxy groups -OCH3 is 1. The molecule has 0 aliphatic heterocycles. The van der Waals surface area contributed by atoms with E-state index in [0.717, 1.165) is 0 Å². The van der Waals surface area contributed by atoms with E-state index in [-0.39, 0.29) is 28.4 Å². The van der Waals surface area contributed by atoms with Crippen molar-refractivity contribution in [3.63, 3.8) is 0 Å². The number of hydrogen-bond acceptors (Lipinski definition) is 4. The second-order valence-corrected chi connectivity index (χ2v) is 4.27. The van der Waals surface area contributed by atoms with Gasteiger partial charge in [0.05, 0.1) is 12.7 Å². The third kappa shape index (κ3) is 1.53. The standard InChI is InChI=1S/C15H10O4/c1-19-8-5-6-9-11(7-8)14(17)10-3-2-4-12(16)13(10)15(9)18/h2-7,16H,1H3. The van der Waals surface area contributed by atoms with Crippen LogP contribution in [0.1, 0.15) is 31.8 Å². The molecule has 0 atom stereocenters. The fourth-order valence-corrected chi connectivity index (χ4v) is 2.28. The summed E-state index contributed by atoms with van der Waals surface area (Å²) in [6.07, 6.45) is 0. The van der Waals surface area contributed by atoms with Crippen molar-refractivity contribution in [3.8, 4) is 11.5 Å². The summed E-state index contributed by atoms with van der Waals surface area (Å²) in [7, 11) is 1.50. The SMILES string of the molecule is COc1ccc2c(c1)C(=O)c1cccc(O)c1C2=O. The number of rotatable bonds is 1. The van der Waals surface area contributed by atoms with Crippen molar-refractivity contribution in [3.05, 3.63) is 58.7 Å². The minimum absolute atomic E-state index is 0.0742. The lowest BCUT2D eigenvalue weighted by Crippen LogP contribution is -2.20. The Kier molecular flexibility index (Phi) is 2.38. The Hall–Kier alpha value is -2.62. The molecule has 1 aliphatic carbocycles. The van der Waals surface area contributed by atoms with E-state index < -0.39 is 0 Å². The van der Waals surface area contributed by atoms with Gasteiger partial charge in [0.25, 0.3) is 0 Å². The summed E-state index contributed by atoms with van der Waals surface area (Å²) >= 11 is 0. The number of aromatic hydroxyl groups is 1. The maximum atomic E-state index is 12.4. The lowest BCUT2D eigenvalue weighted by atomic mass is 9.83. The molecule has 0 heterocycles. The van der Waals surface area contributed by atoms with Crippen molar-refractivity contribution in [2.75, 3.05) is 7.11 Å². The average Bonchev–Trinajstić information content (AvgIpc) is 2.44. The summed E-state index contributed by atoms with van der Waals surface area (Å²) in [5, 5.41) is 9.77. The minimum atomic E-state index is -0.342. The molecule has 0 saturated heterocycles. The van der Waals surface area contributed by atoms with Gasteiger partial charge in [-0.3, -0.25) is 9.59 Å². The molecule has 3 rings (SSSR count). The van der Waals surface area contributed by atoms with Gasteiger partial charge in [0, 0.05) is 16.7 Å². The number of carbonyl (C=O) groups excluding carboxylic acids is 2. The van der Waals surface area contributed by atoms with Gasteiger partial charge in [-0.25, -0.2) is 0 Å². The first-order valence-corrected chi connectivity index (χ1v) is 5.73. The van der Waals surface area contributed by atoms with Crippen LogP contribution in [0.15, 0.2) is 36.4 Å². The Morgan fingerprint density at radius 1 is 0.947 bits per heavy atom. The van der Waals surface area contributed by atoms with E-state index in [1.807, 2.05) is 0 Å². The van der Waals surface area contributed by atoms with Crippen LogP contribution >= 0.6 is 0 Å². The van der Waals surface area contributed by atoms with Crippen molar-refractivity contribution in [1.82, 2.24) is 0 Å². The van der Waals surface area contributed by atoms with E-state index >= 15 is 0 Å². The van der Waals surface area contributed by atoms with Crippen molar-refractivity contribution >= 4 is 11.6 Å². The predicted octanol–water partition coefficient (Wildman–Crippen LogP) is 2.18. The molecule has 94 valence electrons. The summed E-state index contributed by atoms with van der Waals surface area (Å²) in [5.41, 5.74) is 0.901. The second kappa shape index (κ2) is 3.95. The van der Waals surface area contributed by atoms with Crippen LogP contribution in [-0.4, -0.2) is 23.8 Å². The zero-order valence-corrected chi connectivity index (χ0v) is 10.1. The summed E-state index contributed by atoms with van der Waals surface area (Å²) in [6.45, 7) is 0. The third-order valence-corrected chi connectivity index (χ3v) is 3.23. The van der Waals surface area contributed by atoms with E-state index in [9.17, 15) is 14.7 Å². The van der Waals surface area contributed by atoms with Crippen LogP contribution in [0.2, 0.25) is 0 Å². The fourth-order valence-electron chi connectivity index (χ4n) is 2.28. The zero-order chi connectivity index (χ0) is 13.6. The molecule has 0 saturated carbocycles. The summed E-state index contributed by atoms with van der Waals surface area (Å²) in [4.78, 5) is 24.7. The Bertz CT molecular complexity index is 716. The normalized spacial score (nSPS) is 12.9. The van der Waals surface area contributed by atoms with Crippen LogP contribution in [-0.2, 0) is 0 Å². The highest BCUT2D eigenvalue weighted by atomic mass is 16.5. The number of fused-ring (bicyclic) bond motifs is 2. The molecule has 0 bridgehead atoms. The first-order chi connectivity index (χ1) is 9.13. The van der Waals surface area contributed by atoms with Gasteiger partial charge in [-0.2, -0.15) is 0 Å². The van der Waals surface area contributed by atoms with Gasteiger partial charge in [-0.05, 0) is 24.3 Å². The molecular weight excluding hydrogens is 244 g/mol. The monoisotopic (exact) mass is 254 g/mol. The molecule has 2 aromatic rings. The van der Waals surface area contributed by atoms with Gasteiger partial charge in [0.2, 0.25) is 0 Å². The summed E-state index contributed by atoms with van der Waals surface area (Å²) in [5.74, 6) is -0.273. The predicted molar refractivity (Wildman–Crippen MR) is 68.0 cm³/mol. The molecule has 4 nitrogen and oxygen atoms in total.